The molecular formula is C13H20N2O3S. The Morgan fingerprint density at radius 1 is 1.53 bits per heavy atom. The lowest BCUT2D eigenvalue weighted by Gasteiger charge is -2.11. The maximum Gasteiger partial charge on any atom is 0.173 e. The first-order valence-electron chi connectivity index (χ1n) is 5.95. The number of nitrogens with zero attached hydrogens (tertiary/aromatic N) is 1. The highest BCUT2D eigenvalue weighted by Crippen LogP contribution is 2.23. The number of oxime groups is 1. The van der Waals surface area contributed by atoms with Gasteiger partial charge in [0.05, 0.1) is 12.7 Å². The van der Waals surface area contributed by atoms with Gasteiger partial charge in [-0.1, -0.05) is 18.1 Å². The molecule has 1 aromatic rings. The molecule has 0 spiro atoms. The number of hydrogen-bond donors (Lipinski definition) is 3. The zero-order valence-corrected chi connectivity index (χ0v) is 12.0. The Morgan fingerprint density at radius 2 is 2.26 bits per heavy atom. The summed E-state index contributed by atoms with van der Waals surface area (Å²) in [7, 11) is 1.54. The lowest BCUT2D eigenvalue weighted by atomic mass is 10.1. The Morgan fingerprint density at radius 3 is 2.84 bits per heavy atom. The van der Waals surface area contributed by atoms with Crippen molar-refractivity contribution in [3.05, 3.63) is 29.3 Å². The van der Waals surface area contributed by atoms with Crippen LogP contribution in [0, 0.1) is 5.92 Å². The molecule has 0 aromatic heterocycles. The quantitative estimate of drug-likeness (QED) is 0.307. The van der Waals surface area contributed by atoms with Crippen molar-refractivity contribution in [2.24, 2.45) is 16.8 Å². The van der Waals surface area contributed by atoms with Gasteiger partial charge < -0.3 is 20.8 Å². The molecule has 19 heavy (non-hydrogen) atoms. The van der Waals surface area contributed by atoms with Gasteiger partial charge in [0.1, 0.15) is 5.75 Å². The first kappa shape index (κ1) is 15.7. The van der Waals surface area contributed by atoms with Gasteiger partial charge >= 0.3 is 0 Å². The molecule has 0 bridgehead atoms. The van der Waals surface area contributed by atoms with Gasteiger partial charge in [-0.05, 0) is 29.4 Å². The molecule has 5 nitrogen and oxygen atoms in total. The molecule has 1 unspecified atom stereocenters. The largest absolute Gasteiger partial charge is 0.496 e. The van der Waals surface area contributed by atoms with Crippen molar-refractivity contribution in [2.75, 3.05) is 19.5 Å². The van der Waals surface area contributed by atoms with Crippen molar-refractivity contribution in [1.82, 2.24) is 0 Å². The van der Waals surface area contributed by atoms with Crippen LogP contribution in [0.3, 0.4) is 0 Å². The maximum absolute atomic E-state index is 8.96. The number of nitrogens with two attached hydrogens (primary N) is 1. The van der Waals surface area contributed by atoms with Crippen LogP contribution in [-0.2, 0) is 5.75 Å². The van der Waals surface area contributed by atoms with Gasteiger partial charge in [0, 0.05) is 12.4 Å². The summed E-state index contributed by atoms with van der Waals surface area (Å²) in [5.41, 5.74) is 7.27. The monoisotopic (exact) mass is 284 g/mol. The highest BCUT2D eigenvalue weighted by Gasteiger charge is 2.09. The van der Waals surface area contributed by atoms with Crippen LogP contribution in [0.5, 0.6) is 5.75 Å². The second-order valence-corrected chi connectivity index (χ2v) is 5.35. The molecule has 0 fully saturated rings. The number of methoxy groups -OCH3 is 1. The fourth-order valence-electron chi connectivity index (χ4n) is 1.53. The van der Waals surface area contributed by atoms with Crippen molar-refractivity contribution >= 4 is 17.6 Å². The van der Waals surface area contributed by atoms with E-state index in [4.69, 9.17) is 20.8 Å². The number of hydrogen-bond acceptors (Lipinski definition) is 5. The summed E-state index contributed by atoms with van der Waals surface area (Å²) in [5.74, 6) is 2.59. The molecule has 0 aliphatic rings. The number of benzene rings is 1. The van der Waals surface area contributed by atoms with Crippen LogP contribution in [0.4, 0.5) is 0 Å². The summed E-state index contributed by atoms with van der Waals surface area (Å²) in [5, 5.41) is 20.7. The topological polar surface area (TPSA) is 88.1 Å². The van der Waals surface area contributed by atoms with Crippen LogP contribution in [0.2, 0.25) is 0 Å². The Bertz CT molecular complexity index is 438. The van der Waals surface area contributed by atoms with E-state index in [1.54, 1.807) is 24.9 Å². The molecule has 1 aromatic carbocycles. The number of amidine groups is 1. The van der Waals surface area contributed by atoms with E-state index in [9.17, 15) is 0 Å². The second-order valence-electron chi connectivity index (χ2n) is 4.32. The molecule has 6 heteroatoms. The fraction of sp³-hybridized carbons (Fsp3) is 0.462. The Labute approximate surface area is 117 Å². The molecular weight excluding hydrogens is 264 g/mol. The molecule has 106 valence electrons. The molecule has 1 atom stereocenters. The third kappa shape index (κ3) is 4.65. The standard InChI is InChI=1S/C13H20N2O3S/c1-9(6-16)7-19-8-10-3-4-12(18-2)11(5-10)13(14)15-17/h3-5,9,16-17H,6-8H2,1-2H3,(H2,14,15). The van der Waals surface area contributed by atoms with Crippen molar-refractivity contribution in [3.8, 4) is 5.75 Å². The van der Waals surface area contributed by atoms with Crippen LogP contribution in [-0.4, -0.2) is 35.6 Å². The lowest BCUT2D eigenvalue weighted by Crippen LogP contribution is -2.14. The average molecular weight is 284 g/mol. The fourth-order valence-corrected chi connectivity index (χ4v) is 2.57. The number of aliphatic hydroxyl groups excluding tert-OH is 1. The Hall–Kier alpha value is -1.40. The van der Waals surface area contributed by atoms with Crippen LogP contribution in [0.1, 0.15) is 18.1 Å². The number of thioether (sulfide) groups is 1. The highest BCUT2D eigenvalue weighted by atomic mass is 32.2. The third-order valence-electron chi connectivity index (χ3n) is 2.63. The van der Waals surface area contributed by atoms with E-state index >= 15 is 0 Å². The molecule has 0 heterocycles. The van der Waals surface area contributed by atoms with E-state index in [0.717, 1.165) is 17.1 Å². The van der Waals surface area contributed by atoms with Crippen molar-refractivity contribution in [2.45, 2.75) is 12.7 Å². The summed E-state index contributed by atoms with van der Waals surface area (Å²) in [6, 6.07) is 5.60. The van der Waals surface area contributed by atoms with Gasteiger partial charge in [-0.15, -0.1) is 0 Å². The molecule has 0 saturated heterocycles. The zero-order chi connectivity index (χ0) is 14.3. The summed E-state index contributed by atoms with van der Waals surface area (Å²) < 4.78 is 5.17. The van der Waals surface area contributed by atoms with Gasteiger partial charge in [0.25, 0.3) is 0 Å². The van der Waals surface area contributed by atoms with E-state index in [0.29, 0.717) is 11.3 Å². The lowest BCUT2D eigenvalue weighted by molar-refractivity contribution is 0.250. The SMILES string of the molecule is COc1ccc(CSCC(C)CO)cc1C(N)=NO. The predicted octanol–water partition coefficient (Wildman–Crippen LogP) is 1.65. The van der Waals surface area contributed by atoms with E-state index in [1.165, 1.54) is 0 Å². The zero-order valence-electron chi connectivity index (χ0n) is 11.2. The molecule has 0 saturated carbocycles. The molecule has 0 aliphatic carbocycles. The molecule has 0 amide bonds. The van der Waals surface area contributed by atoms with Crippen molar-refractivity contribution < 1.29 is 15.1 Å². The van der Waals surface area contributed by atoms with Crippen molar-refractivity contribution in [1.29, 1.82) is 0 Å². The Balaban J connectivity index is 2.75. The minimum Gasteiger partial charge on any atom is -0.496 e. The molecule has 0 aliphatic heterocycles. The van der Waals surface area contributed by atoms with E-state index < -0.39 is 0 Å². The van der Waals surface area contributed by atoms with Crippen LogP contribution in [0.15, 0.2) is 23.4 Å². The third-order valence-corrected chi connectivity index (χ3v) is 3.97. The van der Waals surface area contributed by atoms with E-state index in [-0.39, 0.29) is 18.4 Å². The summed E-state index contributed by atoms with van der Waals surface area (Å²) in [6.07, 6.45) is 0. The van der Waals surface area contributed by atoms with Gasteiger partial charge in [-0.25, -0.2) is 0 Å². The van der Waals surface area contributed by atoms with Gasteiger partial charge in [0.2, 0.25) is 0 Å². The first-order valence-corrected chi connectivity index (χ1v) is 7.11. The molecule has 1 rings (SSSR count). The van der Waals surface area contributed by atoms with Crippen LogP contribution < -0.4 is 10.5 Å². The molecule has 4 N–H and O–H groups in total. The maximum atomic E-state index is 8.96. The number of aliphatic hydroxyl groups is 1. The van der Waals surface area contributed by atoms with E-state index in [2.05, 4.69) is 5.16 Å². The summed E-state index contributed by atoms with van der Waals surface area (Å²) in [4.78, 5) is 0. The number of ether oxygens (including phenoxy) is 1. The summed E-state index contributed by atoms with van der Waals surface area (Å²) >= 11 is 1.74. The van der Waals surface area contributed by atoms with E-state index in [1.807, 2.05) is 19.1 Å². The van der Waals surface area contributed by atoms with Gasteiger partial charge in [-0.3, -0.25) is 0 Å². The minimum absolute atomic E-state index is 0.0347. The smallest absolute Gasteiger partial charge is 0.173 e. The predicted molar refractivity (Wildman–Crippen MR) is 77.9 cm³/mol. The second kappa shape index (κ2) is 7.91. The van der Waals surface area contributed by atoms with Gasteiger partial charge in [0.15, 0.2) is 5.84 Å². The average Bonchev–Trinajstić information content (AvgIpc) is 2.45. The number of rotatable bonds is 7. The summed E-state index contributed by atoms with van der Waals surface area (Å²) in [6.45, 7) is 2.20. The van der Waals surface area contributed by atoms with Crippen LogP contribution >= 0.6 is 11.8 Å². The van der Waals surface area contributed by atoms with Crippen molar-refractivity contribution in [3.63, 3.8) is 0 Å². The van der Waals surface area contributed by atoms with Gasteiger partial charge in [-0.2, -0.15) is 11.8 Å². The first-order chi connectivity index (χ1) is 9.12. The normalized spacial score (nSPS) is 13.3. The Kier molecular flexibility index (Phi) is 6.52. The molecule has 0 radical (unpaired) electrons. The highest BCUT2D eigenvalue weighted by molar-refractivity contribution is 7.98. The minimum atomic E-state index is 0.0347. The van der Waals surface area contributed by atoms with Crippen LogP contribution in [0.25, 0.3) is 0 Å².